The molecule has 31 heavy (non-hydrogen) atoms. The number of piperazine rings is 1. The molecule has 154 valence electrons. The van der Waals surface area contributed by atoms with E-state index in [1.165, 1.54) is 16.7 Å². The topological polar surface area (TPSA) is 54.1 Å². The molecule has 4 rings (SSSR count). The molecule has 0 aromatic heterocycles. The lowest BCUT2D eigenvalue weighted by Gasteiger charge is -2.43. The van der Waals surface area contributed by atoms with Gasteiger partial charge in [-0.1, -0.05) is 53.6 Å². The second-order valence-electron chi connectivity index (χ2n) is 7.94. The lowest BCUT2D eigenvalue weighted by atomic mass is 9.99. The van der Waals surface area contributed by atoms with E-state index in [0.29, 0.717) is 16.1 Å². The summed E-state index contributed by atoms with van der Waals surface area (Å²) in [5.41, 5.74) is 5.89. The van der Waals surface area contributed by atoms with Crippen LogP contribution in [0.5, 0.6) is 0 Å². The Morgan fingerprint density at radius 2 is 1.58 bits per heavy atom. The van der Waals surface area contributed by atoms with Crippen LogP contribution >= 0.6 is 11.6 Å². The van der Waals surface area contributed by atoms with Gasteiger partial charge in [-0.05, 0) is 48.4 Å². The van der Waals surface area contributed by atoms with Gasteiger partial charge in [0.15, 0.2) is 0 Å². The lowest BCUT2D eigenvalue weighted by Crippen LogP contribution is -2.48. The highest BCUT2D eigenvalue weighted by molar-refractivity contribution is 6.33. The molecule has 0 radical (unpaired) electrons. The van der Waals surface area contributed by atoms with Crippen LogP contribution in [0.1, 0.15) is 33.9 Å². The van der Waals surface area contributed by atoms with Gasteiger partial charge < -0.3 is 4.90 Å². The number of hydrogen-bond donors (Lipinski definition) is 0. The minimum Gasteiger partial charge on any atom is -0.361 e. The second kappa shape index (κ2) is 9.23. The molecule has 1 saturated heterocycles. The summed E-state index contributed by atoms with van der Waals surface area (Å²) in [6.07, 6.45) is 0. The molecule has 0 spiro atoms. The van der Waals surface area contributed by atoms with E-state index >= 15 is 0 Å². The van der Waals surface area contributed by atoms with E-state index < -0.39 is 0 Å². The maximum absolute atomic E-state index is 9.18. The van der Waals surface area contributed by atoms with Gasteiger partial charge in [0.1, 0.15) is 0 Å². The zero-order valence-electron chi connectivity index (χ0n) is 17.4. The third-order valence-electron chi connectivity index (χ3n) is 5.80. The Morgan fingerprint density at radius 3 is 2.23 bits per heavy atom. The predicted molar refractivity (Wildman–Crippen MR) is 124 cm³/mol. The molecule has 0 aliphatic carbocycles. The SMILES string of the molecule is Cc1ccc([C@@H]2CN(Cc3ccc(C#N)cc3)CCN2c2ccc(C#N)cc2Cl)cc1. The largest absolute Gasteiger partial charge is 0.361 e. The molecular formula is C26H23ClN4. The molecule has 3 aromatic carbocycles. The van der Waals surface area contributed by atoms with E-state index in [1.807, 2.05) is 36.4 Å². The molecule has 4 nitrogen and oxygen atoms in total. The molecule has 1 heterocycles. The summed E-state index contributed by atoms with van der Waals surface area (Å²) >= 11 is 6.58. The molecule has 0 N–H and O–H groups in total. The molecule has 0 bridgehead atoms. The van der Waals surface area contributed by atoms with Gasteiger partial charge in [0.05, 0.1) is 40.0 Å². The summed E-state index contributed by atoms with van der Waals surface area (Å²) in [6, 6.07) is 26.5. The van der Waals surface area contributed by atoms with Crippen LogP contribution < -0.4 is 4.90 Å². The van der Waals surface area contributed by atoms with Crippen molar-refractivity contribution in [1.82, 2.24) is 4.90 Å². The van der Waals surface area contributed by atoms with Gasteiger partial charge in [0.2, 0.25) is 0 Å². The molecule has 1 aliphatic rings. The number of halogens is 1. The Labute approximate surface area is 188 Å². The number of nitriles is 2. The maximum atomic E-state index is 9.18. The smallest absolute Gasteiger partial charge is 0.0992 e. The number of anilines is 1. The van der Waals surface area contributed by atoms with Crippen molar-refractivity contribution >= 4 is 17.3 Å². The van der Waals surface area contributed by atoms with E-state index in [4.69, 9.17) is 16.9 Å². The Kier molecular flexibility index (Phi) is 6.23. The van der Waals surface area contributed by atoms with Crippen LogP contribution in [-0.2, 0) is 6.54 Å². The number of aryl methyl sites for hydroxylation is 1. The number of rotatable bonds is 4. The van der Waals surface area contributed by atoms with Crippen LogP contribution in [0.2, 0.25) is 5.02 Å². The van der Waals surface area contributed by atoms with Crippen molar-refractivity contribution in [3.05, 3.63) is 99.6 Å². The molecule has 0 unspecified atom stereocenters. The summed E-state index contributed by atoms with van der Waals surface area (Å²) in [5.74, 6) is 0. The minimum absolute atomic E-state index is 0.151. The Balaban J connectivity index is 1.61. The Hall–Kier alpha value is -3.31. The zero-order chi connectivity index (χ0) is 21.8. The zero-order valence-corrected chi connectivity index (χ0v) is 18.2. The van der Waals surface area contributed by atoms with Crippen LogP contribution in [-0.4, -0.2) is 24.5 Å². The molecule has 0 saturated carbocycles. The number of benzene rings is 3. The summed E-state index contributed by atoms with van der Waals surface area (Å²) in [6.45, 7) is 5.53. The molecule has 1 aliphatic heterocycles. The Morgan fingerprint density at radius 1 is 0.903 bits per heavy atom. The van der Waals surface area contributed by atoms with Gasteiger partial charge in [-0.3, -0.25) is 4.90 Å². The van der Waals surface area contributed by atoms with Crippen molar-refractivity contribution in [3.63, 3.8) is 0 Å². The average Bonchev–Trinajstić information content (AvgIpc) is 2.80. The van der Waals surface area contributed by atoms with Gasteiger partial charge in [0, 0.05) is 26.2 Å². The highest BCUT2D eigenvalue weighted by Gasteiger charge is 2.29. The van der Waals surface area contributed by atoms with Gasteiger partial charge in [-0.15, -0.1) is 0 Å². The molecule has 3 aromatic rings. The summed E-state index contributed by atoms with van der Waals surface area (Å²) in [4.78, 5) is 4.80. The van der Waals surface area contributed by atoms with Gasteiger partial charge in [-0.25, -0.2) is 0 Å². The van der Waals surface area contributed by atoms with Gasteiger partial charge >= 0.3 is 0 Å². The van der Waals surface area contributed by atoms with E-state index in [2.05, 4.69) is 53.1 Å². The first-order valence-corrected chi connectivity index (χ1v) is 10.7. The predicted octanol–water partition coefficient (Wildman–Crippen LogP) is 5.46. The second-order valence-corrected chi connectivity index (χ2v) is 8.35. The molecular weight excluding hydrogens is 404 g/mol. The third-order valence-corrected chi connectivity index (χ3v) is 6.10. The van der Waals surface area contributed by atoms with Crippen molar-refractivity contribution < 1.29 is 0 Å². The fourth-order valence-corrected chi connectivity index (χ4v) is 4.39. The van der Waals surface area contributed by atoms with Crippen molar-refractivity contribution in [2.24, 2.45) is 0 Å². The van der Waals surface area contributed by atoms with Crippen molar-refractivity contribution in [3.8, 4) is 12.1 Å². The van der Waals surface area contributed by atoms with E-state index in [9.17, 15) is 5.26 Å². The first-order valence-electron chi connectivity index (χ1n) is 10.3. The normalized spacial score (nSPS) is 16.5. The molecule has 1 atom stereocenters. The third kappa shape index (κ3) is 4.72. The standard InChI is InChI=1S/C26H23ClN4/c1-19-2-9-23(10-3-19)26-18-30(17-21-6-4-20(15-28)5-7-21)12-13-31(26)25-11-8-22(16-29)14-24(25)27/h2-11,14,26H,12-13,17-18H2,1H3/t26-/m0/s1. The quantitative estimate of drug-likeness (QED) is 0.556. The monoisotopic (exact) mass is 426 g/mol. The fourth-order valence-electron chi connectivity index (χ4n) is 4.10. The summed E-state index contributed by atoms with van der Waals surface area (Å²) < 4.78 is 0. The van der Waals surface area contributed by atoms with Crippen LogP contribution in [0, 0.1) is 29.6 Å². The van der Waals surface area contributed by atoms with Gasteiger partial charge in [-0.2, -0.15) is 10.5 Å². The Bertz CT molecular complexity index is 1140. The van der Waals surface area contributed by atoms with Crippen LogP contribution in [0.15, 0.2) is 66.7 Å². The van der Waals surface area contributed by atoms with Crippen molar-refractivity contribution in [2.75, 3.05) is 24.5 Å². The minimum atomic E-state index is 0.151. The summed E-state index contributed by atoms with van der Waals surface area (Å²) in [5, 5.41) is 18.8. The maximum Gasteiger partial charge on any atom is 0.0992 e. The van der Waals surface area contributed by atoms with E-state index in [1.54, 1.807) is 6.07 Å². The average molecular weight is 427 g/mol. The molecule has 5 heteroatoms. The highest BCUT2D eigenvalue weighted by atomic mass is 35.5. The lowest BCUT2D eigenvalue weighted by molar-refractivity contribution is 0.215. The van der Waals surface area contributed by atoms with Crippen LogP contribution in [0.25, 0.3) is 0 Å². The van der Waals surface area contributed by atoms with E-state index in [-0.39, 0.29) is 6.04 Å². The van der Waals surface area contributed by atoms with Crippen LogP contribution in [0.4, 0.5) is 5.69 Å². The van der Waals surface area contributed by atoms with Gasteiger partial charge in [0.25, 0.3) is 0 Å². The summed E-state index contributed by atoms with van der Waals surface area (Å²) in [7, 11) is 0. The molecule has 1 fully saturated rings. The number of hydrogen-bond acceptors (Lipinski definition) is 4. The van der Waals surface area contributed by atoms with Crippen molar-refractivity contribution in [2.45, 2.75) is 19.5 Å². The fraction of sp³-hybridized carbons (Fsp3) is 0.231. The first-order chi connectivity index (χ1) is 15.1. The highest BCUT2D eigenvalue weighted by Crippen LogP contribution is 2.36. The van der Waals surface area contributed by atoms with Crippen molar-refractivity contribution in [1.29, 1.82) is 10.5 Å². The van der Waals surface area contributed by atoms with Crippen LogP contribution in [0.3, 0.4) is 0 Å². The van der Waals surface area contributed by atoms with E-state index in [0.717, 1.165) is 31.9 Å². The number of nitrogens with zero attached hydrogens (tertiary/aromatic N) is 4. The first kappa shape index (κ1) is 20.9. The molecule has 0 amide bonds.